The molecule has 0 atom stereocenters. The molecule has 1 aromatic heterocycles. The second-order valence-corrected chi connectivity index (χ2v) is 3.06. The highest BCUT2D eigenvalue weighted by atomic mass is 14.6. The average molecular weight is 156 g/mol. The first-order chi connectivity index (χ1) is 5.79. The fourth-order valence-electron chi connectivity index (χ4n) is 1.42. The fourth-order valence-corrected chi connectivity index (χ4v) is 1.42. The second kappa shape index (κ2) is 2.59. The van der Waals surface area contributed by atoms with Crippen LogP contribution in [0.5, 0.6) is 0 Å². The average Bonchev–Trinajstić information content (AvgIpc) is 2.12. The van der Waals surface area contributed by atoms with Crippen molar-refractivity contribution < 1.29 is 0 Å². The third-order valence-electron chi connectivity index (χ3n) is 2.20. The van der Waals surface area contributed by atoms with Gasteiger partial charge >= 0.3 is 0 Å². The summed E-state index contributed by atoms with van der Waals surface area (Å²) in [5.74, 6) is 0. The number of pyridine rings is 1. The van der Waals surface area contributed by atoms with Crippen LogP contribution in [-0.4, -0.2) is 4.98 Å². The van der Waals surface area contributed by atoms with Gasteiger partial charge in [0.15, 0.2) is 0 Å². The van der Waals surface area contributed by atoms with E-state index in [4.69, 9.17) is 0 Å². The van der Waals surface area contributed by atoms with Crippen molar-refractivity contribution in [3.63, 3.8) is 0 Å². The van der Waals surface area contributed by atoms with Crippen molar-refractivity contribution >= 4 is 10.8 Å². The number of hydrogen-bond acceptors (Lipinski definition) is 1. The van der Waals surface area contributed by atoms with E-state index in [-0.39, 0.29) is 0 Å². The Morgan fingerprint density at radius 1 is 1.08 bits per heavy atom. The highest BCUT2D eigenvalue weighted by Crippen LogP contribution is 2.19. The van der Waals surface area contributed by atoms with Crippen LogP contribution in [0.4, 0.5) is 0 Å². The lowest BCUT2D eigenvalue weighted by molar-refractivity contribution is 1.32. The molecule has 0 aliphatic carbocycles. The van der Waals surface area contributed by atoms with Crippen LogP contribution in [0, 0.1) is 20.0 Å². The molecule has 0 aliphatic heterocycles. The van der Waals surface area contributed by atoms with Crippen LogP contribution in [0.3, 0.4) is 0 Å². The molecule has 1 nitrogen and oxygen atoms in total. The molecule has 0 aliphatic rings. The van der Waals surface area contributed by atoms with Crippen LogP contribution in [0.2, 0.25) is 0 Å². The monoisotopic (exact) mass is 156 g/mol. The lowest BCUT2D eigenvalue weighted by atomic mass is 10.0. The van der Waals surface area contributed by atoms with Gasteiger partial charge in [0.05, 0.1) is 6.20 Å². The summed E-state index contributed by atoms with van der Waals surface area (Å²) in [7, 11) is 0. The van der Waals surface area contributed by atoms with E-state index in [0.29, 0.717) is 0 Å². The Morgan fingerprint density at radius 3 is 2.42 bits per heavy atom. The third-order valence-corrected chi connectivity index (χ3v) is 2.20. The third kappa shape index (κ3) is 0.981. The molecule has 2 aromatic rings. The van der Waals surface area contributed by atoms with Gasteiger partial charge in [-0.25, -0.2) is 0 Å². The summed E-state index contributed by atoms with van der Waals surface area (Å²) < 4.78 is 0. The minimum absolute atomic E-state index is 1.23. The Morgan fingerprint density at radius 2 is 1.75 bits per heavy atom. The zero-order valence-electron chi connectivity index (χ0n) is 7.26. The molecule has 0 saturated carbocycles. The largest absolute Gasteiger partial charge is 0.254 e. The molecule has 0 unspecified atom stereocenters. The Hall–Kier alpha value is -1.37. The van der Waals surface area contributed by atoms with Crippen molar-refractivity contribution in [3.05, 3.63) is 41.7 Å². The number of benzene rings is 1. The van der Waals surface area contributed by atoms with Gasteiger partial charge in [-0.2, -0.15) is 0 Å². The molecule has 0 saturated heterocycles. The molecule has 1 heterocycles. The maximum absolute atomic E-state index is 3.99. The topological polar surface area (TPSA) is 12.9 Å². The molecule has 1 aromatic carbocycles. The van der Waals surface area contributed by atoms with E-state index in [2.05, 4.69) is 37.2 Å². The number of aromatic nitrogens is 1. The minimum atomic E-state index is 1.23. The van der Waals surface area contributed by atoms with Crippen molar-refractivity contribution in [2.75, 3.05) is 0 Å². The predicted molar refractivity (Wildman–Crippen MR) is 50.1 cm³/mol. The quantitative estimate of drug-likeness (QED) is 0.571. The maximum Gasteiger partial charge on any atom is 0.0892 e. The Labute approximate surface area is 72.1 Å². The van der Waals surface area contributed by atoms with Crippen LogP contribution < -0.4 is 0 Å². The summed E-state index contributed by atoms with van der Waals surface area (Å²) in [6.07, 6.45) is 4.73. The van der Waals surface area contributed by atoms with Gasteiger partial charge in [0.25, 0.3) is 0 Å². The molecule has 12 heavy (non-hydrogen) atoms. The first-order valence-electron chi connectivity index (χ1n) is 4.01. The summed E-state index contributed by atoms with van der Waals surface area (Å²) in [5.41, 5.74) is 2.56. The number of rotatable bonds is 0. The van der Waals surface area contributed by atoms with Crippen LogP contribution >= 0.6 is 0 Å². The Balaban J connectivity index is 2.95. The van der Waals surface area contributed by atoms with Gasteiger partial charge in [-0.3, -0.25) is 4.98 Å². The molecule has 1 radical (unpaired) electrons. The van der Waals surface area contributed by atoms with Gasteiger partial charge in [0.2, 0.25) is 0 Å². The molecule has 2 rings (SSSR count). The summed E-state index contributed by atoms with van der Waals surface area (Å²) in [6.45, 7) is 4.21. The molecule has 0 bridgehead atoms. The summed E-state index contributed by atoms with van der Waals surface area (Å²) >= 11 is 0. The lowest BCUT2D eigenvalue weighted by Gasteiger charge is -2.02. The van der Waals surface area contributed by atoms with Crippen molar-refractivity contribution in [1.82, 2.24) is 4.98 Å². The first kappa shape index (κ1) is 7.29. The van der Waals surface area contributed by atoms with E-state index in [1.165, 1.54) is 21.9 Å². The number of nitrogens with zero attached hydrogens (tertiary/aromatic N) is 1. The fraction of sp³-hybridized carbons (Fsp3) is 0.182. The summed E-state index contributed by atoms with van der Waals surface area (Å²) in [6, 6.07) is 6.20. The van der Waals surface area contributed by atoms with E-state index < -0.39 is 0 Å². The van der Waals surface area contributed by atoms with Gasteiger partial charge in [-0.1, -0.05) is 12.1 Å². The number of hydrogen-bond donors (Lipinski definition) is 0. The standard InChI is InChI=1S/C11H10N/c1-8-3-4-9(2)11-7-12-6-5-10(8)11/h3-5,7H,1-2H3. The molecule has 0 N–H and O–H groups in total. The summed E-state index contributed by atoms with van der Waals surface area (Å²) in [5, 5.41) is 2.48. The second-order valence-electron chi connectivity index (χ2n) is 3.06. The molecule has 0 spiro atoms. The van der Waals surface area contributed by atoms with Gasteiger partial charge in [-0.15, -0.1) is 0 Å². The summed E-state index contributed by atoms with van der Waals surface area (Å²) in [4.78, 5) is 3.99. The van der Waals surface area contributed by atoms with E-state index in [1.54, 1.807) is 0 Å². The van der Waals surface area contributed by atoms with E-state index in [0.717, 1.165) is 0 Å². The molecule has 1 heteroatoms. The highest BCUT2D eigenvalue weighted by Gasteiger charge is 1.98. The first-order valence-corrected chi connectivity index (χ1v) is 4.01. The van der Waals surface area contributed by atoms with Crippen LogP contribution in [0.25, 0.3) is 10.8 Å². The van der Waals surface area contributed by atoms with Crippen molar-refractivity contribution in [2.45, 2.75) is 13.8 Å². The van der Waals surface area contributed by atoms with Crippen molar-refractivity contribution in [1.29, 1.82) is 0 Å². The molecular formula is C11H10N. The minimum Gasteiger partial charge on any atom is -0.254 e. The van der Waals surface area contributed by atoms with Crippen LogP contribution in [-0.2, 0) is 0 Å². The zero-order chi connectivity index (χ0) is 8.55. The smallest absolute Gasteiger partial charge is 0.0892 e. The Kier molecular flexibility index (Phi) is 1.58. The molecular weight excluding hydrogens is 146 g/mol. The SMILES string of the molecule is Cc1ccc(C)c2cn[c]cc12. The highest BCUT2D eigenvalue weighted by molar-refractivity contribution is 5.87. The van der Waals surface area contributed by atoms with Gasteiger partial charge < -0.3 is 0 Å². The number of fused-ring (bicyclic) bond motifs is 1. The molecule has 0 amide bonds. The Bertz CT molecular complexity index is 378. The van der Waals surface area contributed by atoms with Crippen LogP contribution in [0.1, 0.15) is 11.1 Å². The predicted octanol–water partition coefficient (Wildman–Crippen LogP) is 2.65. The van der Waals surface area contributed by atoms with E-state index in [1.807, 2.05) is 12.3 Å². The zero-order valence-corrected chi connectivity index (χ0v) is 7.26. The molecule has 0 fully saturated rings. The van der Waals surface area contributed by atoms with Gasteiger partial charge in [-0.05, 0) is 36.4 Å². The molecule has 59 valence electrons. The van der Waals surface area contributed by atoms with E-state index >= 15 is 0 Å². The maximum atomic E-state index is 3.99. The van der Waals surface area contributed by atoms with Gasteiger partial charge in [0, 0.05) is 11.6 Å². The van der Waals surface area contributed by atoms with Crippen molar-refractivity contribution in [3.8, 4) is 0 Å². The lowest BCUT2D eigenvalue weighted by Crippen LogP contribution is -1.83. The van der Waals surface area contributed by atoms with E-state index in [9.17, 15) is 0 Å². The number of aryl methyl sites for hydroxylation is 2. The normalized spacial score (nSPS) is 10.5. The van der Waals surface area contributed by atoms with Gasteiger partial charge in [0.1, 0.15) is 0 Å². The van der Waals surface area contributed by atoms with Crippen molar-refractivity contribution in [2.24, 2.45) is 0 Å². The van der Waals surface area contributed by atoms with Crippen LogP contribution in [0.15, 0.2) is 24.4 Å².